The maximum atomic E-state index is 5.41. The molecule has 0 aromatic carbocycles. The molecule has 0 aliphatic carbocycles. The molecular weight excluding hydrogens is 178 g/mol. The van der Waals surface area contributed by atoms with Gasteiger partial charge in [0.1, 0.15) is 4.33 Å². The summed E-state index contributed by atoms with van der Waals surface area (Å²) < 4.78 is -0.941. The Labute approximate surface area is 62.7 Å². The number of rotatable bonds is 2. The molecule has 0 aromatic rings. The SMILES string of the molecule is ClCC(Cl)(Cl)CCl. The molecule has 0 atom stereocenters. The van der Waals surface area contributed by atoms with Crippen LogP contribution in [0, 0.1) is 0 Å². The summed E-state index contributed by atoms with van der Waals surface area (Å²) in [6.45, 7) is 0. The first-order valence-electron chi connectivity index (χ1n) is 1.62. The zero-order chi connectivity index (χ0) is 5.91. The van der Waals surface area contributed by atoms with E-state index in [4.69, 9.17) is 46.4 Å². The van der Waals surface area contributed by atoms with Crippen LogP contribution in [0.15, 0.2) is 0 Å². The molecule has 0 radical (unpaired) electrons. The summed E-state index contributed by atoms with van der Waals surface area (Å²) in [6.07, 6.45) is 0. The molecule has 0 spiro atoms. The zero-order valence-electron chi connectivity index (χ0n) is 3.43. The molecule has 0 N–H and O–H groups in total. The van der Waals surface area contributed by atoms with Crippen LogP contribution in [0.3, 0.4) is 0 Å². The minimum absolute atomic E-state index is 0.166. The van der Waals surface area contributed by atoms with Crippen LogP contribution in [-0.2, 0) is 0 Å². The Kier molecular flexibility index (Phi) is 3.77. The molecule has 0 unspecified atom stereocenters. The Morgan fingerprint density at radius 2 is 1.29 bits per heavy atom. The minimum Gasteiger partial charge on any atom is -0.123 e. The maximum absolute atomic E-state index is 5.41. The van der Waals surface area contributed by atoms with Crippen LogP contribution in [0.4, 0.5) is 0 Å². The highest BCUT2D eigenvalue weighted by molar-refractivity contribution is 6.54. The maximum Gasteiger partial charge on any atom is 0.145 e. The Balaban J connectivity index is 3.36. The van der Waals surface area contributed by atoms with Gasteiger partial charge in [-0.1, -0.05) is 23.2 Å². The first-order chi connectivity index (χ1) is 3.12. The molecule has 44 valence electrons. The summed E-state index contributed by atoms with van der Waals surface area (Å²) in [6, 6.07) is 0. The lowest BCUT2D eigenvalue weighted by atomic mass is 10.5. The lowest BCUT2D eigenvalue weighted by molar-refractivity contribution is 1.01. The third-order valence-corrected chi connectivity index (χ3v) is 2.39. The Bertz CT molecular complexity index is 44.9. The van der Waals surface area contributed by atoms with E-state index >= 15 is 0 Å². The van der Waals surface area contributed by atoms with E-state index in [1.54, 1.807) is 0 Å². The van der Waals surface area contributed by atoms with Gasteiger partial charge in [-0.3, -0.25) is 0 Å². The fraction of sp³-hybridized carbons (Fsp3) is 1.00. The Morgan fingerprint density at radius 1 is 1.00 bits per heavy atom. The summed E-state index contributed by atoms with van der Waals surface area (Å²) in [4.78, 5) is 0. The third kappa shape index (κ3) is 3.72. The highest BCUT2D eigenvalue weighted by Gasteiger charge is 2.19. The van der Waals surface area contributed by atoms with Crippen molar-refractivity contribution >= 4 is 46.4 Å². The molecule has 7 heavy (non-hydrogen) atoms. The molecule has 0 saturated carbocycles. The van der Waals surface area contributed by atoms with Crippen LogP contribution in [-0.4, -0.2) is 16.1 Å². The fourth-order valence-electron chi connectivity index (χ4n) is 0.0357. The lowest BCUT2D eigenvalue weighted by Crippen LogP contribution is -2.16. The average molecular weight is 182 g/mol. The van der Waals surface area contributed by atoms with Crippen molar-refractivity contribution in [2.45, 2.75) is 4.33 Å². The topological polar surface area (TPSA) is 0 Å². The van der Waals surface area contributed by atoms with Crippen LogP contribution in [0.25, 0.3) is 0 Å². The van der Waals surface area contributed by atoms with Crippen molar-refractivity contribution in [1.82, 2.24) is 0 Å². The van der Waals surface area contributed by atoms with Gasteiger partial charge in [0, 0.05) is 0 Å². The van der Waals surface area contributed by atoms with E-state index < -0.39 is 4.33 Å². The summed E-state index contributed by atoms with van der Waals surface area (Å²) >= 11 is 21.3. The molecule has 0 bridgehead atoms. The second kappa shape index (κ2) is 3.24. The van der Waals surface area contributed by atoms with E-state index in [-0.39, 0.29) is 11.8 Å². The molecule has 0 heterocycles. The molecule has 0 amide bonds. The predicted octanol–water partition coefficient (Wildman–Crippen LogP) is 2.64. The fourth-order valence-corrected chi connectivity index (χ4v) is 0.321. The van der Waals surface area contributed by atoms with E-state index in [2.05, 4.69) is 0 Å². The van der Waals surface area contributed by atoms with Gasteiger partial charge in [-0.05, 0) is 0 Å². The van der Waals surface area contributed by atoms with Crippen molar-refractivity contribution in [2.24, 2.45) is 0 Å². The quantitative estimate of drug-likeness (QED) is 0.575. The Hall–Kier alpha value is 1.16. The molecule has 4 heteroatoms. The average Bonchev–Trinajstić information content (AvgIpc) is 1.68. The second-order valence-corrected chi connectivity index (χ2v) is 3.30. The van der Waals surface area contributed by atoms with E-state index in [0.717, 1.165) is 0 Å². The van der Waals surface area contributed by atoms with Crippen molar-refractivity contribution in [1.29, 1.82) is 0 Å². The highest BCUT2D eigenvalue weighted by Crippen LogP contribution is 2.23. The van der Waals surface area contributed by atoms with Crippen molar-refractivity contribution in [3.63, 3.8) is 0 Å². The first-order valence-corrected chi connectivity index (χ1v) is 3.44. The number of hydrogen-bond acceptors (Lipinski definition) is 0. The predicted molar refractivity (Wildman–Crippen MR) is 35.9 cm³/mol. The highest BCUT2D eigenvalue weighted by atomic mass is 35.5. The van der Waals surface area contributed by atoms with Crippen molar-refractivity contribution in [3.05, 3.63) is 0 Å². The lowest BCUT2D eigenvalue weighted by Gasteiger charge is -2.08. The van der Waals surface area contributed by atoms with Crippen molar-refractivity contribution in [3.8, 4) is 0 Å². The summed E-state index contributed by atoms with van der Waals surface area (Å²) in [5, 5.41) is 0. The van der Waals surface area contributed by atoms with Crippen LogP contribution in [0.5, 0.6) is 0 Å². The summed E-state index contributed by atoms with van der Waals surface area (Å²) in [7, 11) is 0. The van der Waals surface area contributed by atoms with Crippen LogP contribution in [0.1, 0.15) is 0 Å². The first kappa shape index (κ1) is 8.16. The molecular formula is C3H4Cl4. The summed E-state index contributed by atoms with van der Waals surface area (Å²) in [5.41, 5.74) is 0. The van der Waals surface area contributed by atoms with E-state index in [1.807, 2.05) is 0 Å². The molecule has 0 aromatic heterocycles. The monoisotopic (exact) mass is 180 g/mol. The largest absolute Gasteiger partial charge is 0.145 e. The van der Waals surface area contributed by atoms with E-state index in [0.29, 0.717) is 0 Å². The molecule has 0 nitrogen and oxygen atoms in total. The number of hydrogen-bond donors (Lipinski definition) is 0. The third-order valence-electron chi connectivity index (χ3n) is 0.391. The van der Waals surface area contributed by atoms with Gasteiger partial charge in [-0.25, -0.2) is 0 Å². The normalized spacial score (nSPS) is 12.0. The molecule has 0 fully saturated rings. The molecule has 0 aliphatic heterocycles. The van der Waals surface area contributed by atoms with Gasteiger partial charge in [0.05, 0.1) is 11.8 Å². The number of halogens is 4. The number of alkyl halides is 4. The smallest absolute Gasteiger partial charge is 0.123 e. The molecule has 0 saturated heterocycles. The van der Waals surface area contributed by atoms with E-state index in [9.17, 15) is 0 Å². The van der Waals surface area contributed by atoms with Crippen LogP contribution < -0.4 is 0 Å². The van der Waals surface area contributed by atoms with Crippen LogP contribution >= 0.6 is 46.4 Å². The second-order valence-electron chi connectivity index (χ2n) is 1.12. The van der Waals surface area contributed by atoms with Crippen molar-refractivity contribution < 1.29 is 0 Å². The zero-order valence-corrected chi connectivity index (χ0v) is 6.45. The van der Waals surface area contributed by atoms with Gasteiger partial charge in [0.25, 0.3) is 0 Å². The molecule has 0 rings (SSSR count). The summed E-state index contributed by atoms with van der Waals surface area (Å²) in [5.74, 6) is 0.333. The standard InChI is InChI=1S/C3H4Cl4/c4-1-3(6,7)2-5/h1-2H2. The Morgan fingerprint density at radius 3 is 1.29 bits per heavy atom. The van der Waals surface area contributed by atoms with Crippen LogP contribution in [0.2, 0.25) is 0 Å². The molecule has 0 aliphatic rings. The van der Waals surface area contributed by atoms with E-state index in [1.165, 1.54) is 0 Å². The minimum atomic E-state index is -0.941. The van der Waals surface area contributed by atoms with Gasteiger partial charge in [0.2, 0.25) is 0 Å². The van der Waals surface area contributed by atoms with Gasteiger partial charge < -0.3 is 0 Å². The van der Waals surface area contributed by atoms with Gasteiger partial charge in [-0.2, -0.15) is 0 Å². The van der Waals surface area contributed by atoms with Crippen molar-refractivity contribution in [2.75, 3.05) is 11.8 Å². The van der Waals surface area contributed by atoms with Gasteiger partial charge >= 0.3 is 0 Å². The van der Waals surface area contributed by atoms with Gasteiger partial charge in [-0.15, -0.1) is 23.2 Å². The van der Waals surface area contributed by atoms with Gasteiger partial charge in [0.15, 0.2) is 0 Å².